The minimum Gasteiger partial charge on any atom is -0.434 e. The Morgan fingerprint density at radius 2 is 2.17 bits per heavy atom. The lowest BCUT2D eigenvalue weighted by atomic mass is 9.83. The maximum Gasteiger partial charge on any atom is 0.508 e. The van der Waals surface area contributed by atoms with Crippen LogP contribution in [0.15, 0.2) is 0 Å². The molecule has 1 rings (SSSR count). The molecule has 3 heteroatoms. The Labute approximate surface area is 73.0 Å². The van der Waals surface area contributed by atoms with E-state index in [2.05, 4.69) is 11.7 Å². The lowest BCUT2D eigenvalue weighted by Gasteiger charge is -2.24. The molecule has 1 fully saturated rings. The van der Waals surface area contributed by atoms with Gasteiger partial charge in [0.1, 0.15) is 0 Å². The van der Waals surface area contributed by atoms with Gasteiger partial charge in [0.15, 0.2) is 0 Å². The Balaban J connectivity index is 1.90. The van der Waals surface area contributed by atoms with Crippen LogP contribution in [0.5, 0.6) is 0 Å². The molecular weight excluding hydrogens is 156 g/mol. The molecule has 1 radical (unpaired) electrons. The summed E-state index contributed by atoms with van der Waals surface area (Å²) in [5, 5.41) is 0. The molecule has 3 nitrogen and oxygen atoms in total. The fourth-order valence-corrected chi connectivity index (χ4v) is 1.22. The molecule has 0 atom stereocenters. The molecule has 1 aliphatic carbocycles. The summed E-state index contributed by atoms with van der Waals surface area (Å²) in [6.07, 6.45) is 4.28. The van der Waals surface area contributed by atoms with Gasteiger partial charge in [-0.1, -0.05) is 19.3 Å². The molecule has 12 heavy (non-hydrogen) atoms. The Morgan fingerprint density at radius 1 is 1.42 bits per heavy atom. The maximum atomic E-state index is 10.6. The molecule has 1 saturated carbocycles. The van der Waals surface area contributed by atoms with E-state index in [1.54, 1.807) is 0 Å². The highest BCUT2D eigenvalue weighted by Crippen LogP contribution is 2.29. The van der Waals surface area contributed by atoms with Gasteiger partial charge in [-0.3, -0.25) is 0 Å². The van der Waals surface area contributed by atoms with Crippen LogP contribution in [0.2, 0.25) is 0 Å². The van der Waals surface area contributed by atoms with Gasteiger partial charge in [-0.15, -0.1) is 0 Å². The van der Waals surface area contributed by atoms with Crippen molar-refractivity contribution in [2.45, 2.75) is 25.7 Å². The van der Waals surface area contributed by atoms with Crippen LogP contribution in [0, 0.1) is 12.8 Å². The van der Waals surface area contributed by atoms with Gasteiger partial charge >= 0.3 is 6.16 Å². The summed E-state index contributed by atoms with van der Waals surface area (Å²) in [5.74, 6) is 0.776. The number of ether oxygens (including phenoxy) is 2. The molecule has 0 N–H and O–H groups in total. The smallest absolute Gasteiger partial charge is 0.434 e. The minimum atomic E-state index is -0.593. The van der Waals surface area contributed by atoms with E-state index in [9.17, 15) is 4.79 Å². The second-order valence-electron chi connectivity index (χ2n) is 3.03. The summed E-state index contributed by atoms with van der Waals surface area (Å²) in [6.45, 7) is 4.00. The zero-order valence-corrected chi connectivity index (χ0v) is 7.25. The Morgan fingerprint density at radius 3 is 2.67 bits per heavy atom. The summed E-state index contributed by atoms with van der Waals surface area (Å²) >= 11 is 0. The summed E-state index contributed by atoms with van der Waals surface area (Å²) in [7, 11) is 0. The highest BCUT2D eigenvalue weighted by molar-refractivity contribution is 5.59. The Bertz CT molecular complexity index is 141. The minimum absolute atomic E-state index is 0.141. The van der Waals surface area contributed by atoms with Crippen LogP contribution in [0.3, 0.4) is 0 Å². The van der Waals surface area contributed by atoms with Crippen molar-refractivity contribution < 1.29 is 14.3 Å². The lowest BCUT2D eigenvalue weighted by Crippen LogP contribution is -2.15. The van der Waals surface area contributed by atoms with E-state index >= 15 is 0 Å². The van der Waals surface area contributed by atoms with Crippen molar-refractivity contribution in [2.24, 2.45) is 5.92 Å². The van der Waals surface area contributed by atoms with Gasteiger partial charge < -0.3 is 9.47 Å². The fourth-order valence-electron chi connectivity index (χ4n) is 1.22. The second kappa shape index (κ2) is 5.01. The van der Waals surface area contributed by atoms with E-state index in [0.29, 0.717) is 6.61 Å². The average molecular weight is 171 g/mol. The topological polar surface area (TPSA) is 35.5 Å². The van der Waals surface area contributed by atoms with E-state index in [0.717, 1.165) is 12.3 Å². The Kier molecular flexibility index (Phi) is 3.91. The zero-order valence-electron chi connectivity index (χ0n) is 7.25. The molecule has 69 valence electrons. The Hall–Kier alpha value is -0.730. The third-order valence-corrected chi connectivity index (χ3v) is 2.19. The van der Waals surface area contributed by atoms with Crippen molar-refractivity contribution in [1.82, 2.24) is 0 Å². The lowest BCUT2D eigenvalue weighted by molar-refractivity contribution is 0.0553. The molecule has 0 saturated heterocycles. The predicted molar refractivity (Wildman–Crippen MR) is 44.6 cm³/mol. The first kappa shape index (κ1) is 9.36. The van der Waals surface area contributed by atoms with Gasteiger partial charge in [0.2, 0.25) is 0 Å². The van der Waals surface area contributed by atoms with Crippen LogP contribution in [-0.4, -0.2) is 19.4 Å². The van der Waals surface area contributed by atoms with Crippen LogP contribution in [0.25, 0.3) is 0 Å². The van der Waals surface area contributed by atoms with E-state index in [4.69, 9.17) is 4.74 Å². The number of rotatable bonds is 4. The summed E-state index contributed by atoms with van der Waals surface area (Å²) in [4.78, 5) is 10.6. The first-order valence-corrected chi connectivity index (χ1v) is 4.41. The van der Waals surface area contributed by atoms with E-state index in [1.807, 2.05) is 0 Å². The van der Waals surface area contributed by atoms with Crippen molar-refractivity contribution >= 4 is 6.16 Å². The van der Waals surface area contributed by atoms with Gasteiger partial charge in [0, 0.05) is 0 Å². The van der Waals surface area contributed by atoms with Crippen LogP contribution < -0.4 is 0 Å². The second-order valence-corrected chi connectivity index (χ2v) is 3.03. The number of carbonyl (C=O) groups is 1. The molecule has 0 bridgehead atoms. The average Bonchev–Trinajstić information content (AvgIpc) is 1.95. The molecule has 0 heterocycles. The van der Waals surface area contributed by atoms with Crippen molar-refractivity contribution in [3.63, 3.8) is 0 Å². The largest absolute Gasteiger partial charge is 0.508 e. The van der Waals surface area contributed by atoms with Crippen LogP contribution in [0.1, 0.15) is 25.7 Å². The third kappa shape index (κ3) is 3.11. The molecule has 0 amide bonds. The van der Waals surface area contributed by atoms with Gasteiger partial charge in [-0.25, -0.2) is 4.79 Å². The van der Waals surface area contributed by atoms with E-state index in [1.165, 1.54) is 19.3 Å². The van der Waals surface area contributed by atoms with Crippen molar-refractivity contribution in [3.05, 3.63) is 6.92 Å². The number of carbonyl (C=O) groups excluding carboxylic acids is 1. The molecule has 1 aliphatic rings. The van der Waals surface area contributed by atoms with Gasteiger partial charge in [-0.2, -0.15) is 0 Å². The predicted octanol–water partition coefficient (Wildman–Crippen LogP) is 2.16. The van der Waals surface area contributed by atoms with E-state index in [-0.39, 0.29) is 6.61 Å². The van der Waals surface area contributed by atoms with Gasteiger partial charge in [0.25, 0.3) is 0 Å². The standard InChI is InChI=1S/C9H15O3/c1-2-11-9(10)12-7-6-8-4-3-5-8/h8H,1-7H2. The third-order valence-electron chi connectivity index (χ3n) is 2.19. The molecule has 0 aromatic carbocycles. The summed E-state index contributed by atoms with van der Waals surface area (Å²) in [6, 6.07) is 0. The molecule has 0 aliphatic heterocycles. The molecular formula is C9H15O3. The maximum absolute atomic E-state index is 10.6. The quantitative estimate of drug-likeness (QED) is 0.608. The van der Waals surface area contributed by atoms with E-state index < -0.39 is 6.16 Å². The van der Waals surface area contributed by atoms with Gasteiger partial charge in [-0.05, 0) is 19.3 Å². The molecule has 0 spiro atoms. The highest BCUT2D eigenvalue weighted by atomic mass is 16.7. The van der Waals surface area contributed by atoms with Crippen molar-refractivity contribution in [2.75, 3.05) is 13.2 Å². The summed E-state index contributed by atoms with van der Waals surface area (Å²) < 4.78 is 9.29. The zero-order chi connectivity index (χ0) is 8.81. The molecule has 0 aromatic heterocycles. The van der Waals surface area contributed by atoms with Crippen LogP contribution >= 0.6 is 0 Å². The summed E-state index contributed by atoms with van der Waals surface area (Å²) in [5.41, 5.74) is 0. The van der Waals surface area contributed by atoms with Gasteiger partial charge in [0.05, 0.1) is 13.2 Å². The molecule has 0 unspecified atom stereocenters. The first-order chi connectivity index (χ1) is 5.83. The van der Waals surface area contributed by atoms with Crippen LogP contribution in [0.4, 0.5) is 4.79 Å². The SMILES string of the molecule is [CH2]COC(=O)OCCC1CCC1. The van der Waals surface area contributed by atoms with Crippen LogP contribution in [-0.2, 0) is 9.47 Å². The van der Waals surface area contributed by atoms with Crippen molar-refractivity contribution in [3.8, 4) is 0 Å². The number of hydrogen-bond donors (Lipinski definition) is 0. The highest BCUT2D eigenvalue weighted by Gasteiger charge is 2.17. The molecule has 0 aromatic rings. The fraction of sp³-hybridized carbons (Fsp3) is 0.778. The number of hydrogen-bond acceptors (Lipinski definition) is 3. The van der Waals surface area contributed by atoms with Crippen molar-refractivity contribution in [1.29, 1.82) is 0 Å². The normalized spacial score (nSPS) is 16.8. The first-order valence-electron chi connectivity index (χ1n) is 4.41. The monoisotopic (exact) mass is 171 g/mol.